The molecule has 1 unspecified atom stereocenters. The smallest absolute Gasteiger partial charge is 0.120 e. The number of hydrogen-bond acceptors (Lipinski definition) is 3. The molecule has 3 heteroatoms. The van der Waals surface area contributed by atoms with Gasteiger partial charge in [0.15, 0.2) is 0 Å². The summed E-state index contributed by atoms with van der Waals surface area (Å²) in [6.07, 6.45) is 14.1. The standard InChI is InChI=1S/C24H29NO2/c1-4-24(5-2,14-15-26)20-10-12-21(13-11-20)27-17-19-16-18(3)25-23-9-7-6-8-22(19)23/h6-13,15-16,23,25H,4-5,14,17H2,1-3H3. The molecule has 1 aromatic rings. The van der Waals surface area contributed by atoms with E-state index in [0.29, 0.717) is 13.0 Å². The lowest BCUT2D eigenvalue weighted by Crippen LogP contribution is -2.32. The normalized spacial score (nSPS) is 18.6. The van der Waals surface area contributed by atoms with Crippen LogP contribution in [-0.4, -0.2) is 18.9 Å². The highest BCUT2D eigenvalue weighted by Gasteiger charge is 2.28. The van der Waals surface area contributed by atoms with Gasteiger partial charge in [0.05, 0.1) is 6.04 Å². The molecule has 1 aliphatic carbocycles. The second-order valence-electron chi connectivity index (χ2n) is 7.35. The van der Waals surface area contributed by atoms with E-state index < -0.39 is 0 Å². The zero-order valence-corrected chi connectivity index (χ0v) is 16.5. The molecule has 3 nitrogen and oxygen atoms in total. The van der Waals surface area contributed by atoms with Crippen LogP contribution in [0.25, 0.3) is 0 Å². The van der Waals surface area contributed by atoms with E-state index in [2.05, 4.69) is 68.6 Å². The number of nitrogens with one attached hydrogen (secondary N) is 1. The predicted molar refractivity (Wildman–Crippen MR) is 111 cm³/mol. The maximum atomic E-state index is 11.1. The van der Waals surface area contributed by atoms with Crippen molar-refractivity contribution in [2.24, 2.45) is 0 Å². The van der Waals surface area contributed by atoms with Crippen LogP contribution in [0.2, 0.25) is 0 Å². The Labute approximate surface area is 162 Å². The minimum absolute atomic E-state index is 0.0633. The second kappa shape index (κ2) is 8.43. The van der Waals surface area contributed by atoms with E-state index in [1.165, 1.54) is 16.7 Å². The van der Waals surface area contributed by atoms with E-state index in [0.717, 1.165) is 30.6 Å². The van der Waals surface area contributed by atoms with Gasteiger partial charge in [-0.3, -0.25) is 0 Å². The first-order chi connectivity index (χ1) is 13.1. The van der Waals surface area contributed by atoms with Crippen LogP contribution in [0, 0.1) is 0 Å². The fourth-order valence-electron chi connectivity index (χ4n) is 4.02. The first-order valence-corrected chi connectivity index (χ1v) is 9.81. The summed E-state index contributed by atoms with van der Waals surface area (Å²) in [5, 5.41) is 3.48. The SMILES string of the molecule is CCC(CC)(CC=O)c1ccc(OCC2=C3C=CC=CC3NC(C)=C2)cc1. The molecule has 1 aromatic carbocycles. The largest absolute Gasteiger partial charge is 0.489 e. The van der Waals surface area contributed by atoms with E-state index in [-0.39, 0.29) is 11.5 Å². The molecule has 142 valence electrons. The predicted octanol–water partition coefficient (Wildman–Crippen LogP) is 5.01. The number of benzene rings is 1. The number of hydrogen-bond donors (Lipinski definition) is 1. The lowest BCUT2D eigenvalue weighted by atomic mass is 9.74. The van der Waals surface area contributed by atoms with Gasteiger partial charge in [0.1, 0.15) is 18.6 Å². The lowest BCUT2D eigenvalue weighted by Gasteiger charge is -2.30. The number of rotatable bonds is 8. The molecular weight excluding hydrogens is 334 g/mol. The van der Waals surface area contributed by atoms with Gasteiger partial charge < -0.3 is 14.8 Å². The Balaban J connectivity index is 1.74. The van der Waals surface area contributed by atoms with Gasteiger partial charge >= 0.3 is 0 Å². The average Bonchev–Trinajstić information content (AvgIpc) is 2.70. The molecule has 1 aliphatic heterocycles. The summed E-state index contributed by atoms with van der Waals surface area (Å²) in [5.74, 6) is 0.857. The number of fused-ring (bicyclic) bond motifs is 1. The van der Waals surface area contributed by atoms with Gasteiger partial charge in [0, 0.05) is 17.5 Å². The zero-order chi connectivity index (χ0) is 19.3. The Morgan fingerprint density at radius 1 is 1.15 bits per heavy atom. The van der Waals surface area contributed by atoms with Crippen molar-refractivity contribution in [3.05, 3.63) is 77.1 Å². The summed E-state index contributed by atoms with van der Waals surface area (Å²) in [6.45, 7) is 6.93. The van der Waals surface area contributed by atoms with E-state index >= 15 is 0 Å². The van der Waals surface area contributed by atoms with Gasteiger partial charge in [-0.05, 0) is 54.7 Å². The minimum Gasteiger partial charge on any atom is -0.489 e. The third-order valence-corrected chi connectivity index (χ3v) is 5.86. The molecule has 0 radical (unpaired) electrons. The Hall–Kier alpha value is -2.55. The molecule has 0 fully saturated rings. The van der Waals surface area contributed by atoms with Crippen molar-refractivity contribution in [2.75, 3.05) is 6.61 Å². The zero-order valence-electron chi connectivity index (χ0n) is 16.5. The third-order valence-electron chi connectivity index (χ3n) is 5.86. The van der Waals surface area contributed by atoms with Crippen molar-refractivity contribution < 1.29 is 9.53 Å². The molecule has 1 N–H and O–H groups in total. The maximum Gasteiger partial charge on any atom is 0.120 e. The summed E-state index contributed by atoms with van der Waals surface area (Å²) >= 11 is 0. The van der Waals surface area contributed by atoms with Crippen molar-refractivity contribution >= 4 is 6.29 Å². The number of ether oxygens (including phenoxy) is 1. The van der Waals surface area contributed by atoms with Crippen LogP contribution in [0.15, 0.2) is 71.5 Å². The molecule has 3 rings (SSSR count). The molecule has 0 spiro atoms. The molecule has 0 amide bonds. The van der Waals surface area contributed by atoms with E-state index in [9.17, 15) is 4.79 Å². The summed E-state index contributed by atoms with van der Waals surface area (Å²) in [4.78, 5) is 11.1. The average molecular weight is 364 g/mol. The molecule has 1 atom stereocenters. The molecule has 2 aliphatic rings. The third kappa shape index (κ3) is 4.08. The topological polar surface area (TPSA) is 38.3 Å². The van der Waals surface area contributed by atoms with Crippen molar-refractivity contribution in [1.82, 2.24) is 5.32 Å². The van der Waals surface area contributed by atoms with E-state index in [4.69, 9.17) is 4.74 Å². The highest BCUT2D eigenvalue weighted by molar-refractivity contribution is 5.54. The summed E-state index contributed by atoms with van der Waals surface area (Å²) in [6, 6.07) is 8.51. The minimum atomic E-state index is -0.0633. The number of allylic oxidation sites excluding steroid dienone is 3. The summed E-state index contributed by atoms with van der Waals surface area (Å²) < 4.78 is 6.08. The van der Waals surface area contributed by atoms with Gasteiger partial charge in [-0.2, -0.15) is 0 Å². The van der Waals surface area contributed by atoms with Gasteiger partial charge in [-0.25, -0.2) is 0 Å². The van der Waals surface area contributed by atoms with Gasteiger partial charge in [0.2, 0.25) is 0 Å². The summed E-state index contributed by atoms with van der Waals surface area (Å²) in [7, 11) is 0. The van der Waals surface area contributed by atoms with Crippen molar-refractivity contribution in [2.45, 2.75) is 51.5 Å². The molecule has 0 saturated carbocycles. The fourth-order valence-corrected chi connectivity index (χ4v) is 4.02. The number of aldehydes is 1. The molecule has 0 saturated heterocycles. The van der Waals surface area contributed by atoms with Crippen LogP contribution in [0.4, 0.5) is 0 Å². The monoisotopic (exact) mass is 363 g/mol. The Kier molecular flexibility index (Phi) is 6.00. The van der Waals surface area contributed by atoms with Gasteiger partial charge in [-0.15, -0.1) is 0 Å². The van der Waals surface area contributed by atoms with Crippen LogP contribution >= 0.6 is 0 Å². The Morgan fingerprint density at radius 2 is 1.89 bits per heavy atom. The molecule has 1 heterocycles. The summed E-state index contributed by atoms with van der Waals surface area (Å²) in [5.41, 5.74) is 4.78. The molecule has 27 heavy (non-hydrogen) atoms. The van der Waals surface area contributed by atoms with Crippen LogP contribution < -0.4 is 10.1 Å². The van der Waals surface area contributed by atoms with E-state index in [1.54, 1.807) is 0 Å². The number of carbonyl (C=O) groups is 1. The maximum absolute atomic E-state index is 11.1. The van der Waals surface area contributed by atoms with Crippen molar-refractivity contribution in [3.8, 4) is 5.75 Å². The second-order valence-corrected chi connectivity index (χ2v) is 7.35. The van der Waals surface area contributed by atoms with Crippen molar-refractivity contribution in [1.29, 1.82) is 0 Å². The fraction of sp³-hybridized carbons (Fsp3) is 0.375. The van der Waals surface area contributed by atoms with Crippen LogP contribution in [-0.2, 0) is 10.2 Å². The number of dihydropyridines is 1. The molecule has 0 bridgehead atoms. The van der Waals surface area contributed by atoms with Gasteiger partial charge in [0.25, 0.3) is 0 Å². The Morgan fingerprint density at radius 3 is 2.56 bits per heavy atom. The van der Waals surface area contributed by atoms with Crippen LogP contribution in [0.5, 0.6) is 5.75 Å². The lowest BCUT2D eigenvalue weighted by molar-refractivity contribution is -0.109. The quantitative estimate of drug-likeness (QED) is 0.660. The number of carbonyl (C=O) groups excluding carboxylic acids is 1. The molecule has 0 aromatic heterocycles. The van der Waals surface area contributed by atoms with Crippen LogP contribution in [0.1, 0.15) is 45.6 Å². The first kappa shape index (κ1) is 19.2. The highest BCUT2D eigenvalue weighted by atomic mass is 16.5. The highest BCUT2D eigenvalue weighted by Crippen LogP contribution is 2.35. The van der Waals surface area contributed by atoms with Gasteiger partial charge in [-0.1, -0.05) is 50.3 Å². The van der Waals surface area contributed by atoms with Crippen LogP contribution in [0.3, 0.4) is 0 Å². The molecular formula is C24H29NO2. The first-order valence-electron chi connectivity index (χ1n) is 9.81. The van der Waals surface area contributed by atoms with E-state index in [1.807, 2.05) is 12.1 Å². The Bertz CT molecular complexity index is 792. The van der Waals surface area contributed by atoms with Crippen molar-refractivity contribution in [3.63, 3.8) is 0 Å².